The van der Waals surface area contributed by atoms with E-state index in [0.717, 1.165) is 9.54 Å². The predicted molar refractivity (Wildman–Crippen MR) is 170 cm³/mol. The van der Waals surface area contributed by atoms with Crippen LogP contribution < -0.4 is 11.1 Å². The summed E-state index contributed by atoms with van der Waals surface area (Å²) in [5.74, 6) is -0.489. The number of halogens is 1. The van der Waals surface area contributed by atoms with Gasteiger partial charge in [-0.05, 0) is 62.7 Å². The Morgan fingerprint density at radius 2 is 1.36 bits per heavy atom. The number of hydrogen-bond donors (Lipinski definition) is 0. The zero-order valence-electron chi connectivity index (χ0n) is 24.8. The van der Waals surface area contributed by atoms with Crippen molar-refractivity contribution in [1.82, 2.24) is 18.1 Å². The Labute approximate surface area is 253 Å². The Hall–Kier alpha value is -5.09. The maximum absolute atomic E-state index is 15.2. The van der Waals surface area contributed by atoms with Crippen LogP contribution in [-0.4, -0.2) is 26.5 Å². The number of nitrogens with zero attached hydrogens (tertiary/aromatic N) is 4. The number of aromatic nitrogens is 4. The minimum Gasteiger partial charge on any atom is -0.318 e. The molecule has 0 unspecified atom stereocenters. The van der Waals surface area contributed by atoms with Gasteiger partial charge in [-0.1, -0.05) is 35.9 Å². The van der Waals surface area contributed by atoms with E-state index in [2.05, 4.69) is 4.98 Å². The van der Waals surface area contributed by atoms with Gasteiger partial charge in [0.05, 0.1) is 10.6 Å². The van der Waals surface area contributed by atoms with Crippen LogP contribution in [0.2, 0.25) is 0 Å². The molecule has 0 fully saturated rings. The third kappa shape index (κ3) is 4.77. The summed E-state index contributed by atoms with van der Waals surface area (Å²) in [5.41, 5.74) is 3.47. The molecule has 0 aliphatic rings. The molecule has 0 atom stereocenters. The van der Waals surface area contributed by atoms with Gasteiger partial charge in [-0.3, -0.25) is 14.6 Å². The monoisotopic (exact) mass is 608 g/mol. The van der Waals surface area contributed by atoms with Crippen molar-refractivity contribution in [2.24, 2.45) is 14.1 Å². The number of hydrogen-bond acceptors (Lipinski definition) is 5. The van der Waals surface area contributed by atoms with Gasteiger partial charge in [-0.15, -0.1) is 0 Å². The highest BCUT2D eigenvalue weighted by Crippen LogP contribution is 2.39. The molecule has 0 radical (unpaired) electrons. The number of aryl methyl sites for hydroxylation is 5. The lowest BCUT2D eigenvalue weighted by Gasteiger charge is -2.16. The molecular formula is C34H29FN4O4S. The average molecular weight is 609 g/mol. The van der Waals surface area contributed by atoms with E-state index in [1.165, 1.54) is 40.4 Å². The molecule has 6 aromatic rings. The van der Waals surface area contributed by atoms with Gasteiger partial charge < -0.3 is 9.13 Å². The van der Waals surface area contributed by atoms with Crippen LogP contribution in [0.5, 0.6) is 0 Å². The molecule has 8 nitrogen and oxygen atoms in total. The second-order valence-corrected chi connectivity index (χ2v) is 12.8. The third-order valence-corrected chi connectivity index (χ3v) is 9.44. The first-order valence-corrected chi connectivity index (χ1v) is 15.3. The summed E-state index contributed by atoms with van der Waals surface area (Å²) < 4.78 is 47.7. The highest BCUT2D eigenvalue weighted by atomic mass is 32.2. The van der Waals surface area contributed by atoms with Crippen molar-refractivity contribution in [2.45, 2.75) is 25.7 Å². The molecule has 4 heterocycles. The fourth-order valence-electron chi connectivity index (χ4n) is 5.60. The van der Waals surface area contributed by atoms with Crippen molar-refractivity contribution in [1.29, 1.82) is 0 Å². The van der Waals surface area contributed by atoms with Gasteiger partial charge in [-0.25, -0.2) is 16.8 Å². The van der Waals surface area contributed by atoms with Gasteiger partial charge in [-0.2, -0.15) is 0 Å². The molecular weight excluding hydrogens is 579 g/mol. The molecule has 0 N–H and O–H groups in total. The molecule has 0 saturated heterocycles. The maximum Gasteiger partial charge on any atom is 0.275 e. The van der Waals surface area contributed by atoms with E-state index in [-0.39, 0.29) is 27.2 Å². The second kappa shape index (κ2) is 10.6. The molecule has 0 spiro atoms. The number of rotatable bonds is 5. The molecule has 4 aromatic heterocycles. The molecule has 0 aliphatic carbocycles. The van der Waals surface area contributed by atoms with Crippen molar-refractivity contribution in [3.8, 4) is 33.5 Å². The van der Waals surface area contributed by atoms with Crippen LogP contribution in [0.4, 0.5) is 4.39 Å². The van der Waals surface area contributed by atoms with Gasteiger partial charge in [0.1, 0.15) is 11.3 Å². The molecule has 0 saturated carbocycles. The van der Waals surface area contributed by atoms with Gasteiger partial charge in [0, 0.05) is 71.6 Å². The van der Waals surface area contributed by atoms with Gasteiger partial charge >= 0.3 is 0 Å². The van der Waals surface area contributed by atoms with Crippen molar-refractivity contribution < 1.29 is 12.8 Å². The Balaban J connectivity index is 1.80. The lowest BCUT2D eigenvalue weighted by molar-refractivity contribution is 0.589. The molecule has 0 amide bonds. The van der Waals surface area contributed by atoms with Crippen molar-refractivity contribution in [3.05, 3.63) is 129 Å². The van der Waals surface area contributed by atoms with Crippen LogP contribution >= 0.6 is 0 Å². The third-order valence-electron chi connectivity index (χ3n) is 7.71. The first-order chi connectivity index (χ1) is 20.9. The Morgan fingerprint density at radius 1 is 0.727 bits per heavy atom. The van der Waals surface area contributed by atoms with E-state index in [4.69, 9.17) is 0 Å². The molecule has 6 rings (SSSR count). The van der Waals surface area contributed by atoms with Gasteiger partial charge in [0.15, 0.2) is 0 Å². The zero-order chi connectivity index (χ0) is 31.5. The topological polar surface area (TPSA) is 96.0 Å². The van der Waals surface area contributed by atoms with Crippen LogP contribution in [0.15, 0.2) is 99.7 Å². The zero-order valence-corrected chi connectivity index (χ0v) is 25.6. The largest absolute Gasteiger partial charge is 0.318 e. The number of pyridine rings is 3. The summed E-state index contributed by atoms with van der Waals surface area (Å²) in [7, 11) is -1.22. The Bertz CT molecular complexity index is 2330. The summed E-state index contributed by atoms with van der Waals surface area (Å²) in [5, 5.41) is 0.303. The van der Waals surface area contributed by atoms with Crippen molar-refractivity contribution >= 4 is 20.9 Å². The number of fused-ring (bicyclic) bond motifs is 1. The first kappa shape index (κ1) is 29.0. The summed E-state index contributed by atoms with van der Waals surface area (Å²) in [6, 6.07) is 19.2. The molecule has 10 heteroatoms. The Kier molecular flexibility index (Phi) is 6.97. The van der Waals surface area contributed by atoms with Crippen molar-refractivity contribution in [3.63, 3.8) is 0 Å². The van der Waals surface area contributed by atoms with E-state index in [9.17, 15) is 18.0 Å². The lowest BCUT2D eigenvalue weighted by Crippen LogP contribution is -2.23. The first-order valence-electron chi connectivity index (χ1n) is 13.9. The quantitative estimate of drug-likeness (QED) is 0.249. The number of benzene rings is 2. The van der Waals surface area contributed by atoms with E-state index < -0.39 is 21.4 Å². The van der Waals surface area contributed by atoms with E-state index >= 15 is 4.39 Å². The van der Waals surface area contributed by atoms with E-state index in [1.807, 2.05) is 20.8 Å². The Morgan fingerprint density at radius 3 is 2.02 bits per heavy atom. The molecule has 44 heavy (non-hydrogen) atoms. The summed E-state index contributed by atoms with van der Waals surface area (Å²) in [4.78, 5) is 31.4. The summed E-state index contributed by atoms with van der Waals surface area (Å²) in [6.07, 6.45) is 3.10. The molecule has 0 aliphatic heterocycles. The van der Waals surface area contributed by atoms with Crippen LogP contribution in [-0.2, 0) is 24.1 Å². The fourth-order valence-corrected chi connectivity index (χ4v) is 7.12. The highest BCUT2D eigenvalue weighted by Gasteiger charge is 2.29. The fraction of sp³-hybridized carbons (Fsp3) is 0.147. The van der Waals surface area contributed by atoms with E-state index in [0.29, 0.717) is 39.0 Å². The van der Waals surface area contributed by atoms with Crippen molar-refractivity contribution in [2.75, 3.05) is 0 Å². The van der Waals surface area contributed by atoms with Gasteiger partial charge in [0.2, 0.25) is 0 Å². The summed E-state index contributed by atoms with van der Waals surface area (Å²) >= 11 is 0. The second-order valence-electron chi connectivity index (χ2n) is 11.0. The molecule has 2 aromatic carbocycles. The lowest BCUT2D eigenvalue weighted by atomic mass is 9.95. The molecule has 0 bridgehead atoms. The molecule has 222 valence electrons. The minimum absolute atomic E-state index is 0.0115. The maximum atomic E-state index is 15.2. The normalized spacial score (nSPS) is 11.8. The van der Waals surface area contributed by atoms with Crippen LogP contribution in [0, 0.1) is 26.6 Å². The summed E-state index contributed by atoms with van der Waals surface area (Å²) in [6.45, 7) is 5.47. The predicted octanol–water partition coefficient (Wildman–Crippen LogP) is 5.74. The minimum atomic E-state index is -4.31. The average Bonchev–Trinajstić information content (AvgIpc) is 3.39. The van der Waals surface area contributed by atoms with Crippen LogP contribution in [0.1, 0.15) is 17.0 Å². The van der Waals surface area contributed by atoms with Crippen LogP contribution in [0.3, 0.4) is 0 Å². The van der Waals surface area contributed by atoms with E-state index in [1.54, 1.807) is 68.0 Å². The highest BCUT2D eigenvalue weighted by molar-refractivity contribution is 7.90. The van der Waals surface area contributed by atoms with Gasteiger partial charge in [0.25, 0.3) is 21.1 Å². The standard InChI is InChI=1S/C34H29FN4O4S/c1-20-10-12-24(13-11-20)44(42,43)39-31(23-14-21(2)36-22(3)15-23)16-27-29(19-38(5)34(41)33(27)39)26-17-32(40)37(4)18-28(26)25-8-6-7-9-30(25)35/h6-19H,1-5H3. The van der Waals surface area contributed by atoms with Crippen LogP contribution in [0.25, 0.3) is 44.4 Å². The SMILES string of the molecule is Cc1ccc(S(=O)(=O)n2c(-c3cc(C)nc(C)c3)cc3c(-c4cc(=O)n(C)cc4-c4ccccc4F)cn(C)c(=O)c32)cc1. The smallest absolute Gasteiger partial charge is 0.275 e.